The van der Waals surface area contributed by atoms with Crippen LogP contribution in [0, 0.1) is 0 Å². The second-order valence-electron chi connectivity index (χ2n) is 15.1. The van der Waals surface area contributed by atoms with Crippen molar-refractivity contribution in [3.8, 4) is 0 Å². The van der Waals surface area contributed by atoms with Crippen molar-refractivity contribution >= 4 is 17.8 Å². The van der Waals surface area contributed by atoms with Crippen LogP contribution in [0.3, 0.4) is 0 Å². The zero-order valence-corrected chi connectivity index (χ0v) is 35.4. The maximum Gasteiger partial charge on any atom is 0.305 e. The van der Waals surface area contributed by atoms with Gasteiger partial charge < -0.3 is 24.8 Å². The smallest absolute Gasteiger partial charge is 0.305 e. The molecule has 0 aliphatic heterocycles. The van der Waals surface area contributed by atoms with Gasteiger partial charge in [-0.2, -0.15) is 0 Å². The molecule has 0 atom stereocenters. The Morgan fingerprint density at radius 3 is 1.22 bits per heavy atom. The largest absolute Gasteiger partial charge is 0.466 e. The molecule has 0 aromatic carbocycles. The van der Waals surface area contributed by atoms with E-state index in [1.807, 2.05) is 0 Å². The minimum absolute atomic E-state index is 0.0351. The fraction of sp³-hybridized carbons (Fsp3) is 0.848. The van der Waals surface area contributed by atoms with Gasteiger partial charge in [0.1, 0.15) is 0 Å². The van der Waals surface area contributed by atoms with Crippen molar-refractivity contribution < 1.29 is 29.0 Å². The molecule has 0 fully saturated rings. The van der Waals surface area contributed by atoms with E-state index in [-0.39, 0.29) is 44.2 Å². The number of esters is 2. The minimum Gasteiger partial charge on any atom is -0.466 e. The Bertz CT molecular complexity index is 832. The Kier molecular flexibility index (Phi) is 41.8. The molecule has 0 aliphatic rings. The van der Waals surface area contributed by atoms with Gasteiger partial charge in [-0.25, -0.2) is 0 Å². The Morgan fingerprint density at radius 1 is 0.500 bits per heavy atom. The number of aliphatic hydroxyl groups is 1. The highest BCUT2D eigenvalue weighted by Gasteiger charge is 2.14. The summed E-state index contributed by atoms with van der Waals surface area (Å²) in [5, 5.41) is 12.0. The predicted octanol–water partition coefficient (Wildman–Crippen LogP) is 11.3. The molecule has 316 valence electrons. The van der Waals surface area contributed by atoms with Crippen LogP contribution in [0.2, 0.25) is 0 Å². The number of hydrogen-bond donors (Lipinski definition) is 2. The third kappa shape index (κ3) is 39.5. The number of allylic oxidation sites excluding steroid dienone is 4. The lowest BCUT2D eigenvalue weighted by Gasteiger charge is -2.23. The molecule has 0 aromatic rings. The van der Waals surface area contributed by atoms with Gasteiger partial charge >= 0.3 is 11.9 Å². The molecule has 0 aliphatic carbocycles. The first-order chi connectivity index (χ1) is 26.5. The quantitative estimate of drug-likeness (QED) is 0.0362. The van der Waals surface area contributed by atoms with Crippen LogP contribution in [-0.2, 0) is 23.9 Å². The van der Waals surface area contributed by atoms with E-state index >= 15 is 0 Å². The molecular formula is C46H86N2O6. The molecule has 0 aromatic heterocycles. The number of ether oxygens (including phenoxy) is 2. The van der Waals surface area contributed by atoms with Gasteiger partial charge in [-0.05, 0) is 77.0 Å². The monoisotopic (exact) mass is 763 g/mol. The Labute approximate surface area is 333 Å². The first kappa shape index (κ1) is 51.8. The van der Waals surface area contributed by atoms with Crippen LogP contribution in [0.1, 0.15) is 206 Å². The molecule has 0 radical (unpaired) electrons. The highest BCUT2D eigenvalue weighted by Crippen LogP contribution is 2.12. The highest BCUT2D eigenvalue weighted by molar-refractivity contribution is 5.78. The van der Waals surface area contributed by atoms with Crippen molar-refractivity contribution in [1.82, 2.24) is 10.2 Å². The normalized spacial score (nSPS) is 11.5. The molecule has 0 saturated carbocycles. The number of amides is 1. The van der Waals surface area contributed by atoms with Crippen LogP contribution >= 0.6 is 0 Å². The van der Waals surface area contributed by atoms with E-state index < -0.39 is 0 Å². The number of carbonyl (C=O) groups is 3. The average molecular weight is 763 g/mol. The Hall–Kier alpha value is -2.19. The van der Waals surface area contributed by atoms with Crippen LogP contribution in [0.25, 0.3) is 0 Å². The number of hydrogen-bond acceptors (Lipinski definition) is 7. The summed E-state index contributed by atoms with van der Waals surface area (Å²) in [5.74, 6) is -0.427. The standard InChI is InChI=1S/C46H86N2O6/c1-3-5-7-9-11-13-15-17-19-21-23-25-27-29-31-35-45(51)53-41-33-38-48(44(50)43-47-37-40-49)39-34-42-54-46(52)36-32-30-28-26-24-22-20-18-16-14-12-10-8-6-4-2/h17-20,47,49H,3-16,21-43H2,1-2H3/b19-17-,20-18-. The Morgan fingerprint density at radius 2 is 0.852 bits per heavy atom. The number of nitrogens with one attached hydrogen (secondary N) is 1. The fourth-order valence-electron chi connectivity index (χ4n) is 6.45. The molecule has 2 N–H and O–H groups in total. The molecule has 0 spiro atoms. The van der Waals surface area contributed by atoms with E-state index in [2.05, 4.69) is 43.5 Å². The second-order valence-corrected chi connectivity index (χ2v) is 15.1. The SMILES string of the molecule is CCCCCCCC/C=C\CCCCCCCC(=O)OCCCN(CCCOC(=O)CCCCCCC/C=C\CCCCCCCC)C(=O)CNCCO. The van der Waals surface area contributed by atoms with E-state index in [9.17, 15) is 14.4 Å². The van der Waals surface area contributed by atoms with Gasteiger partial charge in [0.25, 0.3) is 0 Å². The van der Waals surface area contributed by atoms with E-state index in [0.29, 0.717) is 45.3 Å². The molecule has 0 bridgehead atoms. The van der Waals surface area contributed by atoms with Gasteiger partial charge in [0.15, 0.2) is 0 Å². The molecular weight excluding hydrogens is 677 g/mol. The molecule has 1 amide bonds. The van der Waals surface area contributed by atoms with Crippen LogP contribution in [-0.4, -0.2) is 73.9 Å². The predicted molar refractivity (Wildman–Crippen MR) is 227 cm³/mol. The third-order valence-electron chi connectivity index (χ3n) is 9.87. The molecule has 8 heteroatoms. The van der Waals surface area contributed by atoms with Crippen LogP contribution in [0.15, 0.2) is 24.3 Å². The first-order valence-corrected chi connectivity index (χ1v) is 22.8. The minimum atomic E-state index is -0.173. The van der Waals surface area contributed by atoms with E-state index in [1.165, 1.54) is 116 Å². The average Bonchev–Trinajstić information content (AvgIpc) is 3.17. The summed E-state index contributed by atoms with van der Waals surface area (Å²) in [6.07, 6.45) is 43.2. The number of carbonyl (C=O) groups excluding carboxylic acids is 3. The summed E-state index contributed by atoms with van der Waals surface area (Å²) < 4.78 is 10.9. The summed E-state index contributed by atoms with van der Waals surface area (Å²) in [5.41, 5.74) is 0. The van der Waals surface area contributed by atoms with Crippen LogP contribution < -0.4 is 5.32 Å². The number of nitrogens with zero attached hydrogens (tertiary/aromatic N) is 1. The summed E-state index contributed by atoms with van der Waals surface area (Å²) in [7, 11) is 0. The summed E-state index contributed by atoms with van der Waals surface area (Å²) in [4.78, 5) is 39.0. The van der Waals surface area contributed by atoms with E-state index in [0.717, 1.165) is 51.4 Å². The zero-order chi connectivity index (χ0) is 39.4. The molecule has 8 nitrogen and oxygen atoms in total. The fourth-order valence-corrected chi connectivity index (χ4v) is 6.45. The van der Waals surface area contributed by atoms with Gasteiger partial charge in [0.05, 0.1) is 26.4 Å². The molecule has 54 heavy (non-hydrogen) atoms. The van der Waals surface area contributed by atoms with Crippen LogP contribution in [0.4, 0.5) is 0 Å². The highest BCUT2D eigenvalue weighted by atomic mass is 16.5. The molecule has 0 rings (SSSR count). The number of aliphatic hydroxyl groups excluding tert-OH is 1. The van der Waals surface area contributed by atoms with Crippen molar-refractivity contribution in [3.63, 3.8) is 0 Å². The van der Waals surface area contributed by atoms with Gasteiger partial charge in [-0.15, -0.1) is 0 Å². The van der Waals surface area contributed by atoms with Gasteiger partial charge in [-0.3, -0.25) is 14.4 Å². The maximum atomic E-state index is 12.8. The topological polar surface area (TPSA) is 105 Å². The van der Waals surface area contributed by atoms with Crippen molar-refractivity contribution in [3.05, 3.63) is 24.3 Å². The van der Waals surface area contributed by atoms with Crippen LogP contribution in [0.5, 0.6) is 0 Å². The third-order valence-corrected chi connectivity index (χ3v) is 9.87. The maximum absolute atomic E-state index is 12.8. The van der Waals surface area contributed by atoms with Crippen molar-refractivity contribution in [2.24, 2.45) is 0 Å². The molecule has 0 heterocycles. The number of rotatable bonds is 42. The molecule has 0 unspecified atom stereocenters. The van der Waals surface area contributed by atoms with Gasteiger partial charge in [-0.1, -0.05) is 141 Å². The summed E-state index contributed by atoms with van der Waals surface area (Å²) in [6.45, 7) is 6.45. The summed E-state index contributed by atoms with van der Waals surface area (Å²) in [6, 6.07) is 0. The first-order valence-electron chi connectivity index (χ1n) is 22.8. The van der Waals surface area contributed by atoms with Crippen molar-refractivity contribution in [1.29, 1.82) is 0 Å². The lowest BCUT2D eigenvalue weighted by atomic mass is 10.1. The van der Waals surface area contributed by atoms with Gasteiger partial charge in [0.2, 0.25) is 5.91 Å². The lowest BCUT2D eigenvalue weighted by molar-refractivity contribution is -0.144. The summed E-state index contributed by atoms with van der Waals surface area (Å²) >= 11 is 0. The number of unbranched alkanes of at least 4 members (excludes halogenated alkanes) is 22. The van der Waals surface area contributed by atoms with E-state index in [4.69, 9.17) is 14.6 Å². The Balaban J connectivity index is 3.94. The lowest BCUT2D eigenvalue weighted by Crippen LogP contribution is -2.40. The van der Waals surface area contributed by atoms with Crippen molar-refractivity contribution in [2.75, 3.05) is 46.0 Å². The second kappa shape index (κ2) is 43.5. The van der Waals surface area contributed by atoms with E-state index in [1.54, 1.807) is 4.90 Å². The van der Waals surface area contributed by atoms with Crippen molar-refractivity contribution in [2.45, 2.75) is 206 Å². The molecule has 0 saturated heterocycles. The van der Waals surface area contributed by atoms with Gasteiger partial charge in [0, 0.05) is 32.5 Å². The zero-order valence-electron chi connectivity index (χ0n) is 35.4.